The van der Waals surface area contributed by atoms with Crippen molar-refractivity contribution in [3.05, 3.63) is 0 Å². The Bertz CT molecular complexity index is 1310. The van der Waals surface area contributed by atoms with Gasteiger partial charge in [0.05, 0.1) is 13.2 Å². The van der Waals surface area contributed by atoms with Gasteiger partial charge in [0.15, 0.2) is 0 Å². The van der Waals surface area contributed by atoms with Crippen molar-refractivity contribution in [3.63, 3.8) is 0 Å². The third-order valence-corrected chi connectivity index (χ3v) is 18.1. The molecule has 0 aliphatic carbocycles. The van der Waals surface area contributed by atoms with Crippen molar-refractivity contribution in [2.75, 3.05) is 59.5 Å². The van der Waals surface area contributed by atoms with Gasteiger partial charge >= 0.3 is 11.9 Å². The molecule has 0 rings (SSSR count). The standard InChI is InChI=1S/C75H147N3O6/c1-8-14-20-26-30-42-56-70(54-40-22-16-10-3)68-83-74(81)60-46-32-28-36-52-66-77(64-50-24-18-12-5)72(79)58-44-34-38-48-62-76(7)63-49-39-35-45-59-73(80)78(65-51-25-19-13-6)67-53-37-29-33-47-61-75(82)84-69-71(55-41-23-17-11-4)57-43-31-27-21-15-9-2/h70-71H,8-69H2,1-7H3. The Morgan fingerprint density at radius 2 is 0.476 bits per heavy atom. The lowest BCUT2D eigenvalue weighted by molar-refractivity contribution is -0.146. The summed E-state index contributed by atoms with van der Waals surface area (Å²) in [5.41, 5.74) is 0. The summed E-state index contributed by atoms with van der Waals surface area (Å²) in [6.45, 7) is 20.5. The van der Waals surface area contributed by atoms with Crippen molar-refractivity contribution in [1.29, 1.82) is 0 Å². The molecule has 0 spiro atoms. The zero-order valence-corrected chi connectivity index (χ0v) is 57.8. The van der Waals surface area contributed by atoms with Crippen molar-refractivity contribution in [2.45, 2.75) is 388 Å². The fraction of sp³-hybridized carbons (Fsp3) is 0.947. The van der Waals surface area contributed by atoms with Crippen molar-refractivity contribution in [3.8, 4) is 0 Å². The van der Waals surface area contributed by atoms with Crippen LogP contribution in [-0.4, -0.2) is 98.0 Å². The van der Waals surface area contributed by atoms with Crippen LogP contribution in [0.25, 0.3) is 0 Å². The molecule has 0 heterocycles. The Balaban J connectivity index is 4.42. The second-order valence-electron chi connectivity index (χ2n) is 26.5. The van der Waals surface area contributed by atoms with Gasteiger partial charge in [-0.15, -0.1) is 0 Å². The van der Waals surface area contributed by atoms with Crippen molar-refractivity contribution in [1.82, 2.24) is 14.7 Å². The van der Waals surface area contributed by atoms with Gasteiger partial charge < -0.3 is 24.2 Å². The maximum absolute atomic E-state index is 13.4. The zero-order valence-electron chi connectivity index (χ0n) is 57.8. The van der Waals surface area contributed by atoms with Gasteiger partial charge in [0.1, 0.15) is 0 Å². The number of rotatable bonds is 68. The molecule has 498 valence electrons. The quantitative estimate of drug-likeness (QED) is 0.0442. The first kappa shape index (κ1) is 81.8. The minimum atomic E-state index is -0.0111. The summed E-state index contributed by atoms with van der Waals surface area (Å²) in [5.74, 6) is 1.71. The van der Waals surface area contributed by atoms with Crippen LogP contribution in [0.1, 0.15) is 388 Å². The van der Waals surface area contributed by atoms with Crippen LogP contribution in [0.4, 0.5) is 0 Å². The molecule has 9 nitrogen and oxygen atoms in total. The predicted octanol–water partition coefficient (Wildman–Crippen LogP) is 22.1. The highest BCUT2D eigenvalue weighted by Gasteiger charge is 2.17. The van der Waals surface area contributed by atoms with E-state index in [0.717, 1.165) is 142 Å². The number of carbonyl (C=O) groups is 4. The lowest BCUT2D eigenvalue weighted by atomic mass is 9.95. The Kier molecular flexibility index (Phi) is 63.6. The molecule has 9 heteroatoms. The normalized spacial score (nSPS) is 12.3. The van der Waals surface area contributed by atoms with Gasteiger partial charge in [0.25, 0.3) is 0 Å². The van der Waals surface area contributed by atoms with Gasteiger partial charge in [-0.3, -0.25) is 19.2 Å². The summed E-state index contributed by atoms with van der Waals surface area (Å²) in [4.78, 5) is 59.1. The minimum Gasteiger partial charge on any atom is -0.465 e. The average Bonchev–Trinajstić information content (AvgIpc) is 3.49. The SMILES string of the molecule is CCCCCCCCC(CCCCCC)COC(=O)CCCCCCCN(CCCCCC)C(=O)CCCCCCN(C)CCCCCCC(=O)N(CCCCCC)CCCCCCCC(=O)OCC(CCCCCC)CCCCCCCC. The molecular weight excluding hydrogens is 1040 g/mol. The van der Waals surface area contributed by atoms with Gasteiger partial charge in [0.2, 0.25) is 11.8 Å². The number of hydrogen-bond donors (Lipinski definition) is 0. The fourth-order valence-electron chi connectivity index (χ4n) is 12.2. The lowest BCUT2D eigenvalue weighted by Crippen LogP contribution is -2.32. The van der Waals surface area contributed by atoms with Crippen molar-refractivity contribution < 1.29 is 28.7 Å². The van der Waals surface area contributed by atoms with Gasteiger partial charge in [-0.2, -0.15) is 0 Å². The highest BCUT2D eigenvalue weighted by Crippen LogP contribution is 2.23. The second kappa shape index (κ2) is 65.3. The van der Waals surface area contributed by atoms with Gasteiger partial charge in [0, 0.05) is 51.9 Å². The van der Waals surface area contributed by atoms with E-state index in [-0.39, 0.29) is 11.9 Å². The molecule has 0 aliphatic heterocycles. The number of hydrogen-bond acceptors (Lipinski definition) is 7. The zero-order chi connectivity index (χ0) is 61.5. The van der Waals surface area contributed by atoms with Crippen LogP contribution in [0.15, 0.2) is 0 Å². The van der Waals surface area contributed by atoms with Crippen LogP contribution >= 0.6 is 0 Å². The van der Waals surface area contributed by atoms with E-state index in [4.69, 9.17) is 9.47 Å². The van der Waals surface area contributed by atoms with Crippen LogP contribution in [0, 0.1) is 11.8 Å². The van der Waals surface area contributed by atoms with Gasteiger partial charge in [-0.25, -0.2) is 0 Å². The van der Waals surface area contributed by atoms with E-state index in [1.165, 1.54) is 218 Å². The van der Waals surface area contributed by atoms with E-state index in [1.807, 2.05) is 0 Å². The molecule has 0 aliphatic rings. The molecule has 0 aromatic heterocycles. The number of nitrogens with zero attached hydrogens (tertiary/aromatic N) is 3. The van der Waals surface area contributed by atoms with Crippen LogP contribution in [-0.2, 0) is 28.7 Å². The summed E-state index contributed by atoms with van der Waals surface area (Å²) < 4.78 is 11.7. The van der Waals surface area contributed by atoms with E-state index in [0.29, 0.717) is 62.5 Å². The molecule has 0 aromatic rings. The molecule has 0 fully saturated rings. The van der Waals surface area contributed by atoms with Crippen LogP contribution in [0.3, 0.4) is 0 Å². The second-order valence-corrected chi connectivity index (χ2v) is 26.5. The number of ether oxygens (including phenoxy) is 2. The summed E-state index contributed by atoms with van der Waals surface area (Å²) in [6, 6.07) is 0. The Hall–Kier alpha value is -2.16. The van der Waals surface area contributed by atoms with E-state index in [2.05, 4.69) is 63.3 Å². The van der Waals surface area contributed by atoms with E-state index >= 15 is 0 Å². The molecule has 0 aromatic carbocycles. The minimum absolute atomic E-state index is 0.0111. The number of unbranched alkanes of at least 4 members (excludes halogenated alkanes) is 36. The third-order valence-electron chi connectivity index (χ3n) is 18.1. The molecule has 0 saturated heterocycles. The summed E-state index contributed by atoms with van der Waals surface area (Å²) in [5, 5.41) is 0. The molecule has 0 saturated carbocycles. The van der Waals surface area contributed by atoms with Gasteiger partial charge in [-0.05, 0) is 122 Å². The van der Waals surface area contributed by atoms with Crippen LogP contribution < -0.4 is 0 Å². The van der Waals surface area contributed by atoms with E-state index in [1.54, 1.807) is 0 Å². The maximum atomic E-state index is 13.4. The molecule has 84 heavy (non-hydrogen) atoms. The lowest BCUT2D eigenvalue weighted by Gasteiger charge is -2.23. The molecule has 2 atom stereocenters. The first-order valence-electron chi connectivity index (χ1n) is 37.7. The molecule has 0 N–H and O–H groups in total. The predicted molar refractivity (Wildman–Crippen MR) is 363 cm³/mol. The van der Waals surface area contributed by atoms with Crippen molar-refractivity contribution >= 4 is 23.8 Å². The fourth-order valence-corrected chi connectivity index (χ4v) is 12.2. The highest BCUT2D eigenvalue weighted by molar-refractivity contribution is 5.76. The average molecular weight is 1190 g/mol. The highest BCUT2D eigenvalue weighted by atomic mass is 16.5. The smallest absolute Gasteiger partial charge is 0.305 e. The van der Waals surface area contributed by atoms with E-state index in [9.17, 15) is 19.2 Å². The molecule has 0 radical (unpaired) electrons. The summed E-state index contributed by atoms with van der Waals surface area (Å²) >= 11 is 0. The molecule has 2 unspecified atom stereocenters. The Morgan fingerprint density at radius 3 is 0.774 bits per heavy atom. The van der Waals surface area contributed by atoms with E-state index < -0.39 is 0 Å². The maximum Gasteiger partial charge on any atom is 0.305 e. The summed E-state index contributed by atoms with van der Waals surface area (Å²) in [6.07, 6.45) is 62.1. The molecule has 0 bridgehead atoms. The number of carbonyl (C=O) groups excluding carboxylic acids is 4. The summed E-state index contributed by atoms with van der Waals surface area (Å²) in [7, 11) is 2.25. The van der Waals surface area contributed by atoms with Crippen LogP contribution in [0.5, 0.6) is 0 Å². The van der Waals surface area contributed by atoms with Crippen LogP contribution in [0.2, 0.25) is 0 Å². The first-order valence-corrected chi connectivity index (χ1v) is 37.7. The number of amides is 2. The topological polar surface area (TPSA) is 96.5 Å². The number of esters is 2. The Labute approximate surface area is 524 Å². The molecular formula is C75H147N3O6. The largest absolute Gasteiger partial charge is 0.465 e. The first-order chi connectivity index (χ1) is 41.1. The third kappa shape index (κ3) is 56.4. The monoisotopic (exact) mass is 1190 g/mol. The Morgan fingerprint density at radius 1 is 0.262 bits per heavy atom. The molecule has 2 amide bonds. The van der Waals surface area contributed by atoms with Gasteiger partial charge in [-0.1, -0.05) is 273 Å². The van der Waals surface area contributed by atoms with Crippen molar-refractivity contribution in [2.24, 2.45) is 11.8 Å².